The molecule has 0 aliphatic carbocycles. The molecule has 21 heavy (non-hydrogen) atoms. The van der Waals surface area contributed by atoms with Gasteiger partial charge in [-0.25, -0.2) is 0 Å². The largest absolute Gasteiger partial charge is 0.435 e. The third-order valence-corrected chi connectivity index (χ3v) is 2.83. The fourth-order valence-electron chi connectivity index (χ4n) is 1.93. The van der Waals surface area contributed by atoms with Gasteiger partial charge in [0, 0.05) is 12.4 Å². The van der Waals surface area contributed by atoms with Crippen molar-refractivity contribution in [1.29, 1.82) is 0 Å². The first-order valence-corrected chi connectivity index (χ1v) is 6.46. The smallest absolute Gasteiger partial charge is 0.389 e. The van der Waals surface area contributed by atoms with E-state index < -0.39 is 18.0 Å². The van der Waals surface area contributed by atoms with E-state index in [0.29, 0.717) is 0 Å². The number of rotatable bonds is 5. The summed E-state index contributed by atoms with van der Waals surface area (Å²) >= 11 is 0. The number of fused-ring (bicyclic) bond motifs is 1. The number of aliphatic hydroxyl groups is 1. The van der Waals surface area contributed by atoms with Crippen molar-refractivity contribution < 1.29 is 23.0 Å². The molecular formula is C13H16F3N3O2. The first-order valence-electron chi connectivity index (χ1n) is 6.46. The summed E-state index contributed by atoms with van der Waals surface area (Å²) < 4.78 is 45.2. The number of alkyl halides is 3. The molecule has 2 aromatic rings. The van der Waals surface area contributed by atoms with Crippen LogP contribution < -0.4 is 0 Å². The Labute approximate surface area is 119 Å². The molecule has 1 atom stereocenters. The molecule has 0 aromatic carbocycles. The van der Waals surface area contributed by atoms with Gasteiger partial charge in [-0.3, -0.25) is 9.67 Å². The van der Waals surface area contributed by atoms with Crippen LogP contribution in [0.4, 0.5) is 13.2 Å². The lowest BCUT2D eigenvalue weighted by molar-refractivity contribution is -0.140. The van der Waals surface area contributed by atoms with E-state index in [1.807, 2.05) is 13.8 Å². The number of ether oxygens (including phenoxy) is 1. The molecule has 116 valence electrons. The molecule has 0 bridgehead atoms. The maximum atomic E-state index is 12.9. The van der Waals surface area contributed by atoms with Crippen LogP contribution in [0.2, 0.25) is 0 Å². The summed E-state index contributed by atoms with van der Waals surface area (Å²) in [6.07, 6.45) is -3.06. The minimum atomic E-state index is -4.56. The lowest BCUT2D eigenvalue weighted by Gasteiger charge is -2.14. The van der Waals surface area contributed by atoms with Crippen molar-refractivity contribution in [2.24, 2.45) is 0 Å². The molecule has 0 spiro atoms. The van der Waals surface area contributed by atoms with E-state index >= 15 is 0 Å². The second kappa shape index (κ2) is 5.98. The summed E-state index contributed by atoms with van der Waals surface area (Å²) in [6, 6.07) is 1.44. The van der Waals surface area contributed by atoms with Gasteiger partial charge in [-0.1, -0.05) is 0 Å². The third-order valence-electron chi connectivity index (χ3n) is 2.83. The van der Waals surface area contributed by atoms with Crippen molar-refractivity contribution in [2.45, 2.75) is 38.8 Å². The summed E-state index contributed by atoms with van der Waals surface area (Å²) in [5, 5.41) is 13.3. The van der Waals surface area contributed by atoms with Gasteiger partial charge in [-0.15, -0.1) is 0 Å². The summed E-state index contributed by atoms with van der Waals surface area (Å²) in [7, 11) is 0. The zero-order valence-corrected chi connectivity index (χ0v) is 11.6. The molecule has 0 saturated carbocycles. The van der Waals surface area contributed by atoms with Crippen LogP contribution in [0.3, 0.4) is 0 Å². The van der Waals surface area contributed by atoms with Crippen LogP contribution >= 0.6 is 0 Å². The summed E-state index contributed by atoms with van der Waals surface area (Å²) in [5.41, 5.74) is -0.719. The van der Waals surface area contributed by atoms with Crippen LogP contribution in [-0.4, -0.2) is 38.7 Å². The Morgan fingerprint density at radius 3 is 2.71 bits per heavy atom. The molecule has 1 unspecified atom stereocenters. The van der Waals surface area contributed by atoms with Crippen molar-refractivity contribution in [3.8, 4) is 0 Å². The van der Waals surface area contributed by atoms with E-state index in [2.05, 4.69) is 10.1 Å². The molecule has 0 radical (unpaired) electrons. The maximum Gasteiger partial charge on any atom is 0.435 e. The topological polar surface area (TPSA) is 60.2 Å². The van der Waals surface area contributed by atoms with Gasteiger partial charge in [-0.05, 0) is 19.9 Å². The highest BCUT2D eigenvalue weighted by molar-refractivity contribution is 5.81. The second-order valence-corrected chi connectivity index (χ2v) is 4.96. The first kappa shape index (κ1) is 15.7. The monoisotopic (exact) mass is 303 g/mol. The van der Waals surface area contributed by atoms with Crippen LogP contribution in [0, 0.1) is 0 Å². The number of nitrogens with zero attached hydrogens (tertiary/aromatic N) is 3. The minimum Gasteiger partial charge on any atom is -0.389 e. The lowest BCUT2D eigenvalue weighted by Crippen LogP contribution is -2.24. The van der Waals surface area contributed by atoms with Crippen molar-refractivity contribution in [1.82, 2.24) is 14.8 Å². The molecule has 8 heteroatoms. The summed E-state index contributed by atoms with van der Waals surface area (Å²) in [4.78, 5) is 3.70. The number of aromatic nitrogens is 3. The molecular weight excluding hydrogens is 287 g/mol. The first-order chi connectivity index (χ1) is 9.79. The van der Waals surface area contributed by atoms with E-state index in [4.69, 9.17) is 4.74 Å². The Bertz CT molecular complexity index is 610. The number of pyridine rings is 1. The number of aliphatic hydroxyl groups excluding tert-OH is 1. The van der Waals surface area contributed by atoms with Gasteiger partial charge in [0.2, 0.25) is 0 Å². The standard InChI is InChI=1S/C13H16F3N3O2/c1-8(2)21-7-9(20)6-19-11-3-4-17-5-10(11)12(18-19)13(14,15)16/h3-5,8-9,20H,6-7H2,1-2H3. The molecule has 0 aliphatic rings. The van der Waals surface area contributed by atoms with Gasteiger partial charge < -0.3 is 9.84 Å². The van der Waals surface area contributed by atoms with Crippen LogP contribution in [-0.2, 0) is 17.5 Å². The molecule has 0 amide bonds. The van der Waals surface area contributed by atoms with Crippen LogP contribution in [0.15, 0.2) is 18.5 Å². The van der Waals surface area contributed by atoms with Crippen LogP contribution in [0.1, 0.15) is 19.5 Å². The van der Waals surface area contributed by atoms with E-state index in [0.717, 1.165) is 10.9 Å². The molecule has 0 aliphatic heterocycles. The molecule has 0 fully saturated rings. The van der Waals surface area contributed by atoms with Crippen molar-refractivity contribution in [2.75, 3.05) is 6.61 Å². The Morgan fingerprint density at radius 1 is 1.38 bits per heavy atom. The summed E-state index contributed by atoms with van der Waals surface area (Å²) in [5.74, 6) is 0. The Morgan fingerprint density at radius 2 is 2.10 bits per heavy atom. The second-order valence-electron chi connectivity index (χ2n) is 4.96. The average molecular weight is 303 g/mol. The van der Waals surface area contributed by atoms with Crippen molar-refractivity contribution in [3.63, 3.8) is 0 Å². The van der Waals surface area contributed by atoms with Crippen molar-refractivity contribution in [3.05, 3.63) is 24.2 Å². The minimum absolute atomic E-state index is 0.0332. The zero-order valence-electron chi connectivity index (χ0n) is 11.6. The van der Waals surface area contributed by atoms with E-state index in [9.17, 15) is 18.3 Å². The van der Waals surface area contributed by atoms with Crippen LogP contribution in [0.25, 0.3) is 10.9 Å². The SMILES string of the molecule is CC(C)OCC(O)Cn1nc(C(F)(F)F)c2cnccc21. The number of hydrogen-bond donors (Lipinski definition) is 1. The Balaban J connectivity index is 2.28. The van der Waals surface area contributed by atoms with Gasteiger partial charge in [0.1, 0.15) is 0 Å². The van der Waals surface area contributed by atoms with Crippen LogP contribution in [0.5, 0.6) is 0 Å². The Kier molecular flexibility index (Phi) is 4.48. The maximum absolute atomic E-state index is 12.9. The highest BCUT2D eigenvalue weighted by atomic mass is 19.4. The molecule has 2 rings (SSSR count). The van der Waals surface area contributed by atoms with Crippen molar-refractivity contribution >= 4 is 10.9 Å². The third kappa shape index (κ3) is 3.70. The molecule has 0 saturated heterocycles. The molecule has 2 heterocycles. The highest BCUT2D eigenvalue weighted by Gasteiger charge is 2.37. The van der Waals surface area contributed by atoms with Gasteiger partial charge >= 0.3 is 6.18 Å². The average Bonchev–Trinajstić information content (AvgIpc) is 2.76. The predicted molar refractivity (Wildman–Crippen MR) is 69.6 cm³/mol. The van der Waals surface area contributed by atoms with Gasteiger partial charge in [-0.2, -0.15) is 18.3 Å². The number of halogens is 3. The van der Waals surface area contributed by atoms with E-state index in [1.54, 1.807) is 0 Å². The van der Waals surface area contributed by atoms with Gasteiger partial charge in [0.25, 0.3) is 0 Å². The van der Waals surface area contributed by atoms with Gasteiger partial charge in [0.15, 0.2) is 5.69 Å². The zero-order chi connectivity index (χ0) is 15.6. The molecule has 5 nitrogen and oxygen atoms in total. The number of hydrogen-bond acceptors (Lipinski definition) is 4. The Hall–Kier alpha value is -1.67. The molecule has 2 aromatic heterocycles. The molecule has 1 N–H and O–H groups in total. The van der Waals surface area contributed by atoms with Gasteiger partial charge in [0.05, 0.1) is 36.3 Å². The van der Waals surface area contributed by atoms with E-state index in [1.165, 1.54) is 12.3 Å². The highest BCUT2D eigenvalue weighted by Crippen LogP contribution is 2.33. The van der Waals surface area contributed by atoms with E-state index in [-0.39, 0.29) is 30.2 Å². The normalized spacial score (nSPS) is 14.0. The summed E-state index contributed by atoms with van der Waals surface area (Å²) in [6.45, 7) is 3.57. The fourth-order valence-corrected chi connectivity index (χ4v) is 1.93. The fraction of sp³-hybridized carbons (Fsp3) is 0.538. The predicted octanol–water partition coefficient (Wildman–Crippen LogP) is 2.24. The lowest BCUT2D eigenvalue weighted by atomic mass is 10.2. The quantitative estimate of drug-likeness (QED) is 0.920.